The molecule has 5 heteroatoms. The van der Waals surface area contributed by atoms with Gasteiger partial charge in [-0.1, -0.05) is 12.1 Å². The van der Waals surface area contributed by atoms with Crippen molar-refractivity contribution < 1.29 is 10.1 Å². The van der Waals surface area contributed by atoms with E-state index >= 15 is 0 Å². The van der Waals surface area contributed by atoms with Gasteiger partial charge in [0.05, 0.1) is 18.3 Å². The van der Waals surface area contributed by atoms with Gasteiger partial charge in [-0.25, -0.2) is 5.43 Å². The Bertz CT molecular complexity index is 647. The monoisotopic (exact) mass is 269 g/mol. The van der Waals surface area contributed by atoms with Crippen LogP contribution in [0.25, 0.3) is 10.9 Å². The van der Waals surface area contributed by atoms with Crippen molar-refractivity contribution in [1.29, 1.82) is 0 Å². The van der Waals surface area contributed by atoms with Gasteiger partial charge in [-0.3, -0.25) is 9.78 Å². The molecule has 102 valence electrons. The van der Waals surface area contributed by atoms with E-state index in [0.717, 1.165) is 35.9 Å². The Morgan fingerprint density at radius 1 is 1.45 bits per heavy atom. The highest BCUT2D eigenvalue weighted by atomic mass is 16.2. The normalized spacial score (nSPS) is 18.7. The highest BCUT2D eigenvalue weighted by Gasteiger charge is 2.25. The number of nitrogens with zero attached hydrogens (tertiary/aromatic N) is 2. The van der Waals surface area contributed by atoms with Crippen LogP contribution in [0.1, 0.15) is 18.4 Å². The minimum atomic E-state index is -0.0128. The summed E-state index contributed by atoms with van der Waals surface area (Å²) in [6, 6.07) is 9.82. The molecule has 2 aromatic rings. The highest BCUT2D eigenvalue weighted by molar-refractivity contribution is 5.89. The maximum atomic E-state index is 11.8. The number of hydrogen-bond acceptors (Lipinski definition) is 3. The number of amides is 1. The van der Waals surface area contributed by atoms with Crippen molar-refractivity contribution in [2.45, 2.75) is 18.9 Å². The molecule has 3 rings (SSSR count). The number of nitrogens with two attached hydrogens (primary N) is 1. The summed E-state index contributed by atoms with van der Waals surface area (Å²) >= 11 is 0. The summed E-state index contributed by atoms with van der Waals surface area (Å²) in [5.41, 5.74) is 4.50. The lowest BCUT2D eigenvalue weighted by Gasteiger charge is -2.04. The van der Waals surface area contributed by atoms with E-state index in [1.54, 1.807) is 12.4 Å². The molecular weight excluding hydrogens is 252 g/mol. The van der Waals surface area contributed by atoms with Gasteiger partial charge in [0.1, 0.15) is 0 Å². The lowest BCUT2D eigenvalue weighted by atomic mass is 10.1. The van der Waals surface area contributed by atoms with Crippen LogP contribution in [0.2, 0.25) is 0 Å². The fourth-order valence-corrected chi connectivity index (χ4v) is 2.44. The van der Waals surface area contributed by atoms with Crippen molar-refractivity contribution in [2.75, 3.05) is 6.54 Å². The summed E-state index contributed by atoms with van der Waals surface area (Å²) in [6.07, 6.45) is 5.47. The molecular formula is C15H17N4O+. The van der Waals surface area contributed by atoms with Crippen molar-refractivity contribution in [2.24, 2.45) is 5.10 Å². The van der Waals surface area contributed by atoms with E-state index in [4.69, 9.17) is 0 Å². The molecule has 3 N–H and O–H groups in total. The molecule has 0 aliphatic carbocycles. The quantitative estimate of drug-likeness (QED) is 0.626. The number of hydrazone groups is 1. The molecule has 1 atom stereocenters. The molecule has 1 aromatic heterocycles. The number of hydrogen-bond donors (Lipinski definition) is 2. The Morgan fingerprint density at radius 3 is 3.25 bits per heavy atom. The van der Waals surface area contributed by atoms with Crippen molar-refractivity contribution in [3.05, 3.63) is 42.1 Å². The van der Waals surface area contributed by atoms with Crippen LogP contribution in [0.5, 0.6) is 0 Å². The maximum absolute atomic E-state index is 11.8. The Kier molecular flexibility index (Phi) is 3.69. The van der Waals surface area contributed by atoms with Crippen molar-refractivity contribution >= 4 is 23.0 Å². The van der Waals surface area contributed by atoms with E-state index in [0.29, 0.717) is 0 Å². The third-order valence-electron chi connectivity index (χ3n) is 3.52. The standard InChI is InChI=1S/C15H16N4O/c20-15(14-4-2-8-17-14)19-18-10-11-5-6-13-12(9-11)3-1-7-16-13/h1,3,5-7,9-10,14,17H,2,4,8H2,(H,19,20)/p+1. The van der Waals surface area contributed by atoms with Gasteiger partial charge in [0.15, 0.2) is 6.04 Å². The molecule has 1 aliphatic rings. The molecule has 1 saturated heterocycles. The number of carbonyl (C=O) groups excluding carboxylic acids is 1. The molecule has 1 unspecified atom stereocenters. The average Bonchev–Trinajstić information content (AvgIpc) is 3.01. The van der Waals surface area contributed by atoms with Crippen LogP contribution in [-0.2, 0) is 4.79 Å². The predicted molar refractivity (Wildman–Crippen MR) is 77.3 cm³/mol. The summed E-state index contributed by atoms with van der Waals surface area (Å²) in [4.78, 5) is 16.0. The number of nitrogens with one attached hydrogen (secondary N) is 1. The Balaban J connectivity index is 1.66. The second-order valence-electron chi connectivity index (χ2n) is 4.96. The number of carbonyl (C=O) groups is 1. The summed E-state index contributed by atoms with van der Waals surface area (Å²) in [5, 5.41) is 7.15. The van der Waals surface area contributed by atoms with Gasteiger partial charge in [0.2, 0.25) is 0 Å². The zero-order chi connectivity index (χ0) is 13.8. The average molecular weight is 269 g/mol. The molecule has 0 spiro atoms. The molecule has 0 saturated carbocycles. The molecule has 1 aliphatic heterocycles. The SMILES string of the molecule is O=C(NN=Cc1ccc2ncccc2c1)C1CCC[NH2+]1. The van der Waals surface area contributed by atoms with Gasteiger partial charge in [-0.15, -0.1) is 0 Å². The lowest BCUT2D eigenvalue weighted by Crippen LogP contribution is -2.89. The zero-order valence-corrected chi connectivity index (χ0v) is 11.1. The van der Waals surface area contributed by atoms with Crippen LogP contribution < -0.4 is 10.7 Å². The van der Waals surface area contributed by atoms with Gasteiger partial charge in [-0.05, 0) is 23.8 Å². The van der Waals surface area contributed by atoms with Crippen LogP contribution in [-0.4, -0.2) is 29.7 Å². The molecule has 1 fully saturated rings. The van der Waals surface area contributed by atoms with Crippen LogP contribution >= 0.6 is 0 Å². The van der Waals surface area contributed by atoms with E-state index in [1.165, 1.54) is 0 Å². The second-order valence-corrected chi connectivity index (χ2v) is 4.96. The molecule has 0 radical (unpaired) electrons. The van der Waals surface area contributed by atoms with Crippen LogP contribution in [0, 0.1) is 0 Å². The second kappa shape index (κ2) is 5.79. The fourth-order valence-electron chi connectivity index (χ4n) is 2.44. The minimum absolute atomic E-state index is 0.0128. The van der Waals surface area contributed by atoms with E-state index in [1.807, 2.05) is 30.3 Å². The van der Waals surface area contributed by atoms with Crippen LogP contribution in [0.3, 0.4) is 0 Å². The first kappa shape index (κ1) is 12.7. The Hall–Kier alpha value is -2.27. The summed E-state index contributed by atoms with van der Waals surface area (Å²) in [6.45, 7) is 1.03. The van der Waals surface area contributed by atoms with Crippen molar-refractivity contribution in [1.82, 2.24) is 10.4 Å². The topological polar surface area (TPSA) is 71.0 Å². The Morgan fingerprint density at radius 2 is 2.40 bits per heavy atom. The largest absolute Gasteiger partial charge is 0.336 e. The number of benzene rings is 1. The number of aromatic nitrogens is 1. The van der Waals surface area contributed by atoms with Gasteiger partial charge in [0, 0.05) is 24.4 Å². The van der Waals surface area contributed by atoms with E-state index in [9.17, 15) is 4.79 Å². The molecule has 1 amide bonds. The summed E-state index contributed by atoms with van der Waals surface area (Å²) < 4.78 is 0. The van der Waals surface area contributed by atoms with Crippen molar-refractivity contribution in [3.63, 3.8) is 0 Å². The molecule has 5 nitrogen and oxygen atoms in total. The van der Waals surface area contributed by atoms with E-state index in [2.05, 4.69) is 20.8 Å². The van der Waals surface area contributed by atoms with E-state index in [-0.39, 0.29) is 11.9 Å². The van der Waals surface area contributed by atoms with Gasteiger partial charge in [0.25, 0.3) is 5.91 Å². The van der Waals surface area contributed by atoms with Crippen molar-refractivity contribution in [3.8, 4) is 0 Å². The first-order valence-corrected chi connectivity index (χ1v) is 6.84. The fraction of sp³-hybridized carbons (Fsp3) is 0.267. The smallest absolute Gasteiger partial charge is 0.298 e. The molecule has 2 heterocycles. The van der Waals surface area contributed by atoms with Gasteiger partial charge >= 0.3 is 0 Å². The van der Waals surface area contributed by atoms with Gasteiger partial charge < -0.3 is 5.32 Å². The number of rotatable bonds is 3. The van der Waals surface area contributed by atoms with Gasteiger partial charge in [-0.2, -0.15) is 5.10 Å². The Labute approximate surface area is 117 Å². The first-order chi connectivity index (χ1) is 9.83. The highest BCUT2D eigenvalue weighted by Crippen LogP contribution is 2.11. The van der Waals surface area contributed by atoms with Crippen LogP contribution in [0.15, 0.2) is 41.6 Å². The maximum Gasteiger partial charge on any atom is 0.298 e. The zero-order valence-electron chi connectivity index (χ0n) is 11.1. The number of fused-ring (bicyclic) bond motifs is 1. The van der Waals surface area contributed by atoms with E-state index < -0.39 is 0 Å². The summed E-state index contributed by atoms with van der Waals surface area (Å²) in [5.74, 6) is -0.0128. The predicted octanol–water partition coefficient (Wildman–Crippen LogP) is 0.411. The lowest BCUT2D eigenvalue weighted by molar-refractivity contribution is -0.657. The molecule has 0 bridgehead atoms. The molecule has 1 aromatic carbocycles. The number of pyridine rings is 1. The molecule has 20 heavy (non-hydrogen) atoms. The first-order valence-electron chi connectivity index (χ1n) is 6.84. The number of quaternary nitrogens is 1. The third-order valence-corrected chi connectivity index (χ3v) is 3.52. The summed E-state index contributed by atoms with van der Waals surface area (Å²) in [7, 11) is 0. The third kappa shape index (κ3) is 2.83. The van der Waals surface area contributed by atoms with Crippen LogP contribution in [0.4, 0.5) is 0 Å². The minimum Gasteiger partial charge on any atom is -0.336 e.